The van der Waals surface area contributed by atoms with Crippen LogP contribution in [0, 0.1) is 5.41 Å². The second kappa shape index (κ2) is 12.1. The first-order chi connectivity index (χ1) is 17.1. The molecule has 6 nitrogen and oxygen atoms in total. The van der Waals surface area contributed by atoms with Crippen LogP contribution in [-0.2, 0) is 6.61 Å². The van der Waals surface area contributed by atoms with Crippen LogP contribution < -0.4 is 4.74 Å². The van der Waals surface area contributed by atoms with E-state index in [4.69, 9.17) is 4.74 Å². The SMILES string of the molecule is COc1ccc2ncc(CO)c([C@H](F)CCC3(CO)CCN(CCSc4ccccn4)CC3)c2c1. The number of aromatic nitrogens is 2. The van der Waals surface area contributed by atoms with Gasteiger partial charge in [-0.05, 0) is 74.5 Å². The number of hydrogen-bond acceptors (Lipinski definition) is 7. The lowest BCUT2D eigenvalue weighted by molar-refractivity contribution is 0.0322. The molecule has 0 radical (unpaired) electrons. The number of nitrogens with zero attached hydrogens (tertiary/aromatic N) is 3. The number of benzene rings is 1. The van der Waals surface area contributed by atoms with Crippen molar-refractivity contribution in [3.05, 3.63) is 59.9 Å². The van der Waals surface area contributed by atoms with Crippen LogP contribution in [-0.4, -0.2) is 64.2 Å². The number of thioether (sulfide) groups is 1. The molecule has 1 saturated heterocycles. The summed E-state index contributed by atoms with van der Waals surface area (Å²) < 4.78 is 21.1. The van der Waals surface area contributed by atoms with Gasteiger partial charge in [-0.3, -0.25) is 4.98 Å². The molecule has 4 rings (SSSR count). The number of ether oxygens (including phenoxy) is 1. The molecular formula is C27H34FN3O3S. The number of likely N-dealkylation sites (tertiary alicyclic amines) is 1. The third-order valence-electron chi connectivity index (χ3n) is 7.16. The van der Waals surface area contributed by atoms with E-state index in [0.717, 1.165) is 43.3 Å². The maximum Gasteiger partial charge on any atom is 0.126 e. The lowest BCUT2D eigenvalue weighted by Crippen LogP contribution is -2.42. The first kappa shape index (κ1) is 25.8. The maximum absolute atomic E-state index is 15.7. The van der Waals surface area contributed by atoms with E-state index in [1.54, 1.807) is 37.2 Å². The Hall–Kier alpha value is -2.26. The summed E-state index contributed by atoms with van der Waals surface area (Å²) in [5, 5.41) is 21.8. The van der Waals surface area contributed by atoms with E-state index in [2.05, 4.69) is 14.9 Å². The lowest BCUT2D eigenvalue weighted by Gasteiger charge is -2.41. The predicted octanol–water partition coefficient (Wildman–Crippen LogP) is 4.79. The Bertz CT molecular complexity index is 1090. The smallest absolute Gasteiger partial charge is 0.126 e. The summed E-state index contributed by atoms with van der Waals surface area (Å²) in [6, 6.07) is 11.3. The number of hydrogen-bond donors (Lipinski definition) is 2. The molecule has 1 aromatic carbocycles. The van der Waals surface area contributed by atoms with E-state index >= 15 is 4.39 Å². The topological polar surface area (TPSA) is 78.7 Å². The number of aliphatic hydroxyl groups is 2. The number of rotatable bonds is 11. The molecule has 0 saturated carbocycles. The minimum Gasteiger partial charge on any atom is -0.497 e. The zero-order valence-electron chi connectivity index (χ0n) is 20.2. The molecule has 0 bridgehead atoms. The van der Waals surface area contributed by atoms with Crippen molar-refractivity contribution in [2.75, 3.05) is 39.1 Å². The van der Waals surface area contributed by atoms with Gasteiger partial charge in [0.25, 0.3) is 0 Å². The summed E-state index contributed by atoms with van der Waals surface area (Å²) >= 11 is 1.75. The fourth-order valence-corrected chi connectivity index (χ4v) is 5.75. The highest BCUT2D eigenvalue weighted by Crippen LogP contribution is 2.41. The average molecular weight is 500 g/mol. The second-order valence-corrected chi connectivity index (χ2v) is 10.4. The molecule has 0 aliphatic carbocycles. The van der Waals surface area contributed by atoms with Gasteiger partial charge < -0.3 is 19.8 Å². The Balaban J connectivity index is 1.36. The molecule has 0 amide bonds. The van der Waals surface area contributed by atoms with Gasteiger partial charge in [0.2, 0.25) is 0 Å². The summed E-state index contributed by atoms with van der Waals surface area (Å²) in [4.78, 5) is 11.1. The minimum absolute atomic E-state index is 0.0635. The van der Waals surface area contributed by atoms with Crippen molar-refractivity contribution in [2.24, 2.45) is 5.41 Å². The monoisotopic (exact) mass is 499 g/mol. The highest BCUT2D eigenvalue weighted by molar-refractivity contribution is 7.99. The molecule has 35 heavy (non-hydrogen) atoms. The normalized spacial score (nSPS) is 16.9. The van der Waals surface area contributed by atoms with Gasteiger partial charge in [0.05, 0.1) is 24.3 Å². The van der Waals surface area contributed by atoms with E-state index in [1.165, 1.54) is 0 Å². The molecule has 8 heteroatoms. The molecule has 1 aliphatic heterocycles. The van der Waals surface area contributed by atoms with Crippen molar-refractivity contribution >= 4 is 22.7 Å². The zero-order chi connectivity index (χ0) is 24.7. The van der Waals surface area contributed by atoms with Crippen LogP contribution in [0.2, 0.25) is 0 Å². The standard InChI is InChI=1S/C27H34FN3O3S/c1-34-21-5-6-24-22(16-21)26(20(18-32)17-30-24)23(28)7-8-27(19-33)9-12-31(13-10-27)14-15-35-25-4-2-3-11-29-25/h2-6,11,16-17,23,32-33H,7-10,12-15,18-19H2,1H3/t23-/m1/s1. The molecule has 0 spiro atoms. The largest absolute Gasteiger partial charge is 0.497 e. The summed E-state index contributed by atoms with van der Waals surface area (Å²) in [7, 11) is 1.58. The first-order valence-corrected chi connectivity index (χ1v) is 13.1. The Labute approximate surface area is 210 Å². The summed E-state index contributed by atoms with van der Waals surface area (Å²) in [5.74, 6) is 1.60. The van der Waals surface area contributed by atoms with Crippen molar-refractivity contribution in [3.8, 4) is 5.75 Å². The average Bonchev–Trinajstić information content (AvgIpc) is 2.92. The van der Waals surface area contributed by atoms with Gasteiger partial charge in [0.15, 0.2) is 0 Å². The lowest BCUT2D eigenvalue weighted by atomic mass is 9.74. The summed E-state index contributed by atoms with van der Waals surface area (Å²) in [6.07, 6.45) is 4.70. The van der Waals surface area contributed by atoms with Gasteiger partial charge in [0.1, 0.15) is 11.9 Å². The van der Waals surface area contributed by atoms with Crippen molar-refractivity contribution in [1.29, 1.82) is 0 Å². The van der Waals surface area contributed by atoms with Crippen molar-refractivity contribution < 1.29 is 19.3 Å². The Morgan fingerprint density at radius 3 is 2.69 bits per heavy atom. The minimum atomic E-state index is -1.26. The number of methoxy groups -OCH3 is 1. The third-order valence-corrected chi connectivity index (χ3v) is 8.08. The third kappa shape index (κ3) is 6.30. The van der Waals surface area contributed by atoms with Crippen LogP contribution in [0.5, 0.6) is 5.75 Å². The molecule has 1 atom stereocenters. The van der Waals surface area contributed by atoms with Crippen LogP contribution in [0.25, 0.3) is 10.9 Å². The first-order valence-electron chi connectivity index (χ1n) is 12.1. The Kier molecular flexibility index (Phi) is 8.94. The zero-order valence-corrected chi connectivity index (χ0v) is 21.0. The van der Waals surface area contributed by atoms with Crippen molar-refractivity contribution in [3.63, 3.8) is 0 Å². The molecule has 1 fully saturated rings. The maximum atomic E-state index is 15.7. The Morgan fingerprint density at radius 2 is 2.00 bits per heavy atom. The molecule has 2 N–H and O–H groups in total. The quantitative estimate of drug-likeness (QED) is 0.367. The van der Waals surface area contributed by atoms with Gasteiger partial charge in [-0.1, -0.05) is 6.07 Å². The van der Waals surface area contributed by atoms with E-state index in [-0.39, 0.29) is 18.6 Å². The van der Waals surface area contributed by atoms with Gasteiger partial charge in [-0.25, -0.2) is 9.37 Å². The summed E-state index contributed by atoms with van der Waals surface area (Å²) in [5.41, 5.74) is 1.38. The second-order valence-electron chi connectivity index (χ2n) is 9.26. The number of fused-ring (bicyclic) bond motifs is 1. The number of aliphatic hydroxyl groups excluding tert-OH is 2. The van der Waals surface area contributed by atoms with Crippen molar-refractivity contribution in [2.45, 2.75) is 43.5 Å². The number of pyridine rings is 2. The van der Waals surface area contributed by atoms with Gasteiger partial charge in [0, 0.05) is 47.8 Å². The fraction of sp³-hybridized carbons (Fsp3) is 0.481. The van der Waals surface area contributed by atoms with Crippen LogP contribution in [0.15, 0.2) is 53.8 Å². The molecular weight excluding hydrogens is 465 g/mol. The summed E-state index contributed by atoms with van der Waals surface area (Å²) in [6.45, 7) is 2.56. The van der Waals surface area contributed by atoms with Crippen LogP contribution in [0.4, 0.5) is 4.39 Å². The van der Waals surface area contributed by atoms with Crippen LogP contribution >= 0.6 is 11.8 Å². The van der Waals surface area contributed by atoms with E-state index in [1.807, 2.05) is 30.5 Å². The molecule has 3 aromatic rings. The molecule has 2 aromatic heterocycles. The number of alkyl halides is 1. The van der Waals surface area contributed by atoms with Crippen molar-refractivity contribution in [1.82, 2.24) is 14.9 Å². The van der Waals surface area contributed by atoms with Gasteiger partial charge in [-0.15, -0.1) is 11.8 Å². The molecule has 188 valence electrons. The molecule has 0 unspecified atom stereocenters. The van der Waals surface area contributed by atoms with Gasteiger partial charge in [-0.2, -0.15) is 0 Å². The van der Waals surface area contributed by atoms with E-state index in [0.29, 0.717) is 40.6 Å². The van der Waals surface area contributed by atoms with E-state index in [9.17, 15) is 10.2 Å². The van der Waals surface area contributed by atoms with Gasteiger partial charge >= 0.3 is 0 Å². The predicted molar refractivity (Wildman–Crippen MR) is 137 cm³/mol. The molecule has 3 heterocycles. The fourth-order valence-electron chi connectivity index (χ4n) is 4.88. The Morgan fingerprint density at radius 1 is 1.17 bits per heavy atom. The molecule has 1 aliphatic rings. The van der Waals surface area contributed by atoms with Crippen LogP contribution in [0.3, 0.4) is 0 Å². The van der Waals surface area contributed by atoms with Crippen LogP contribution in [0.1, 0.15) is 43.0 Å². The van der Waals surface area contributed by atoms with E-state index < -0.39 is 6.17 Å². The highest BCUT2D eigenvalue weighted by Gasteiger charge is 2.35. The number of piperidine rings is 1. The number of halogens is 1. The highest BCUT2D eigenvalue weighted by atomic mass is 32.2.